The van der Waals surface area contributed by atoms with Gasteiger partial charge in [-0.1, -0.05) is 30.7 Å². The lowest BCUT2D eigenvalue weighted by Crippen LogP contribution is -2.21. The first kappa shape index (κ1) is 18.2. The predicted octanol–water partition coefficient (Wildman–Crippen LogP) is 3.26. The van der Waals surface area contributed by atoms with E-state index in [1.54, 1.807) is 49.4 Å². The Morgan fingerprint density at radius 1 is 1.12 bits per heavy atom. The number of rotatable bonds is 6. The molecule has 0 heterocycles. The second-order valence-electron chi connectivity index (χ2n) is 4.76. The van der Waals surface area contributed by atoms with E-state index >= 15 is 0 Å². The minimum Gasteiger partial charge on any atom is -0.452 e. The van der Waals surface area contributed by atoms with Crippen LogP contribution in [0.2, 0.25) is 5.02 Å². The van der Waals surface area contributed by atoms with Crippen LogP contribution in [0.25, 0.3) is 0 Å². The number of carbonyl (C=O) groups excluding carboxylic acids is 2. The molecule has 2 rings (SSSR count). The maximum Gasteiger partial charge on any atom is 0.339 e. The topological polar surface area (TPSA) is 72.5 Å². The van der Waals surface area contributed by atoms with Crippen LogP contribution in [0.5, 0.6) is 0 Å². The van der Waals surface area contributed by atoms with E-state index in [0.717, 1.165) is 0 Å². The van der Waals surface area contributed by atoms with Gasteiger partial charge in [-0.3, -0.25) is 9.00 Å². The van der Waals surface area contributed by atoms with E-state index in [0.29, 0.717) is 21.4 Å². The van der Waals surface area contributed by atoms with Crippen LogP contribution in [0.15, 0.2) is 53.4 Å². The molecule has 0 spiro atoms. The van der Waals surface area contributed by atoms with Gasteiger partial charge in [0.25, 0.3) is 5.91 Å². The van der Waals surface area contributed by atoms with E-state index in [1.165, 1.54) is 6.07 Å². The van der Waals surface area contributed by atoms with E-state index in [4.69, 9.17) is 16.3 Å². The molecule has 2 aromatic carbocycles. The van der Waals surface area contributed by atoms with Crippen LogP contribution in [-0.4, -0.2) is 28.4 Å². The quantitative estimate of drug-likeness (QED) is 0.797. The molecule has 0 fully saturated rings. The fourth-order valence-corrected chi connectivity index (χ4v) is 2.99. The standard InChI is InChI=1S/C17H16ClNO4S/c1-2-24(22)15-6-4-3-5-14(15)17(21)23-11-16(20)19-13-9-7-12(18)8-10-13/h3-10H,2,11H2,1H3,(H,19,20)/t24-/m1/s1. The Labute approximate surface area is 147 Å². The molecule has 7 heteroatoms. The van der Waals surface area contributed by atoms with Gasteiger partial charge in [-0.15, -0.1) is 0 Å². The number of esters is 1. The molecule has 0 saturated carbocycles. The number of hydrogen-bond acceptors (Lipinski definition) is 4. The minimum absolute atomic E-state index is 0.206. The predicted molar refractivity (Wildman–Crippen MR) is 93.8 cm³/mol. The number of carbonyl (C=O) groups is 2. The lowest BCUT2D eigenvalue weighted by atomic mass is 10.2. The number of benzene rings is 2. The van der Waals surface area contributed by atoms with Crippen LogP contribution >= 0.6 is 11.6 Å². The van der Waals surface area contributed by atoms with Gasteiger partial charge in [0, 0.05) is 16.5 Å². The summed E-state index contributed by atoms with van der Waals surface area (Å²) in [4.78, 5) is 24.4. The second-order valence-corrected chi connectivity index (χ2v) is 6.91. The second kappa shape index (κ2) is 8.61. The summed E-state index contributed by atoms with van der Waals surface area (Å²) in [6, 6.07) is 13.1. The van der Waals surface area contributed by atoms with Gasteiger partial charge in [0.1, 0.15) is 0 Å². The Morgan fingerprint density at radius 3 is 2.46 bits per heavy atom. The molecule has 1 N–H and O–H groups in total. The summed E-state index contributed by atoms with van der Waals surface area (Å²) in [6.45, 7) is 1.33. The molecule has 1 atom stereocenters. The van der Waals surface area contributed by atoms with Gasteiger partial charge in [-0.2, -0.15) is 0 Å². The molecule has 0 aliphatic carbocycles. The summed E-state index contributed by atoms with van der Waals surface area (Å²) in [6.07, 6.45) is 0. The van der Waals surface area contributed by atoms with Gasteiger partial charge in [-0.05, 0) is 36.4 Å². The van der Waals surface area contributed by atoms with E-state index in [-0.39, 0.29) is 5.56 Å². The average molecular weight is 366 g/mol. The third kappa shape index (κ3) is 4.91. The molecule has 2 aromatic rings. The zero-order valence-corrected chi connectivity index (χ0v) is 14.5. The van der Waals surface area contributed by atoms with Crippen molar-refractivity contribution in [3.8, 4) is 0 Å². The van der Waals surface area contributed by atoms with E-state index in [9.17, 15) is 13.8 Å². The summed E-state index contributed by atoms with van der Waals surface area (Å²) >= 11 is 5.76. The molecular weight excluding hydrogens is 350 g/mol. The molecule has 0 radical (unpaired) electrons. The van der Waals surface area contributed by atoms with Crippen molar-refractivity contribution in [2.24, 2.45) is 0 Å². The van der Waals surface area contributed by atoms with Crippen molar-refractivity contribution in [1.82, 2.24) is 0 Å². The van der Waals surface area contributed by atoms with Crippen LogP contribution in [0.1, 0.15) is 17.3 Å². The van der Waals surface area contributed by atoms with Crippen LogP contribution in [0.4, 0.5) is 5.69 Å². The van der Waals surface area contributed by atoms with Crippen molar-refractivity contribution in [2.45, 2.75) is 11.8 Å². The molecule has 1 amide bonds. The Bertz CT molecular complexity index is 761. The highest BCUT2D eigenvalue weighted by atomic mass is 35.5. The molecule has 0 unspecified atom stereocenters. The van der Waals surface area contributed by atoms with E-state index in [2.05, 4.69) is 5.32 Å². The number of halogens is 1. The summed E-state index contributed by atoms with van der Waals surface area (Å²) in [5, 5.41) is 3.15. The molecule has 5 nitrogen and oxygen atoms in total. The SMILES string of the molecule is CC[S@@](=O)c1ccccc1C(=O)OCC(=O)Nc1ccc(Cl)cc1. The maximum atomic E-state index is 12.1. The zero-order valence-electron chi connectivity index (χ0n) is 13.0. The largest absolute Gasteiger partial charge is 0.452 e. The normalized spacial score (nSPS) is 11.6. The number of hydrogen-bond donors (Lipinski definition) is 1. The maximum absolute atomic E-state index is 12.1. The van der Waals surface area contributed by atoms with Gasteiger partial charge in [0.15, 0.2) is 6.61 Å². The van der Waals surface area contributed by atoms with Crippen LogP contribution in [0.3, 0.4) is 0 Å². The molecular formula is C17H16ClNO4S. The molecule has 0 aliphatic rings. The summed E-state index contributed by atoms with van der Waals surface area (Å²) < 4.78 is 17.0. The summed E-state index contributed by atoms with van der Waals surface area (Å²) in [7, 11) is -1.28. The van der Waals surface area contributed by atoms with Crippen LogP contribution in [-0.2, 0) is 20.3 Å². The third-order valence-corrected chi connectivity index (χ3v) is 4.70. The molecule has 0 aliphatic heterocycles. The van der Waals surface area contributed by atoms with Gasteiger partial charge >= 0.3 is 5.97 Å². The fourth-order valence-electron chi connectivity index (χ4n) is 1.93. The number of amides is 1. The highest BCUT2D eigenvalue weighted by Crippen LogP contribution is 2.16. The smallest absolute Gasteiger partial charge is 0.339 e. The first-order chi connectivity index (χ1) is 11.5. The average Bonchev–Trinajstić information content (AvgIpc) is 2.61. The molecule has 24 heavy (non-hydrogen) atoms. The molecule has 0 bridgehead atoms. The fraction of sp³-hybridized carbons (Fsp3) is 0.176. The lowest BCUT2D eigenvalue weighted by Gasteiger charge is -2.09. The number of nitrogens with one attached hydrogen (secondary N) is 1. The third-order valence-electron chi connectivity index (χ3n) is 3.08. The van der Waals surface area contributed by atoms with E-state index in [1.807, 2.05) is 0 Å². The summed E-state index contributed by atoms with van der Waals surface area (Å²) in [5.74, 6) is -0.764. The Hall–Kier alpha value is -2.18. The van der Waals surface area contributed by atoms with Crippen molar-refractivity contribution in [3.63, 3.8) is 0 Å². The Kier molecular flexibility index (Phi) is 6.52. The zero-order chi connectivity index (χ0) is 17.5. The van der Waals surface area contributed by atoms with Crippen molar-refractivity contribution in [3.05, 3.63) is 59.1 Å². The monoisotopic (exact) mass is 365 g/mol. The lowest BCUT2D eigenvalue weighted by molar-refractivity contribution is -0.119. The number of ether oxygens (including phenoxy) is 1. The van der Waals surface area contributed by atoms with E-state index < -0.39 is 29.3 Å². The molecule has 126 valence electrons. The van der Waals surface area contributed by atoms with Crippen LogP contribution in [0, 0.1) is 0 Å². The Balaban J connectivity index is 1.97. The van der Waals surface area contributed by atoms with Gasteiger partial charge in [0.05, 0.1) is 21.3 Å². The van der Waals surface area contributed by atoms with Crippen molar-refractivity contribution < 1.29 is 18.5 Å². The van der Waals surface area contributed by atoms with Crippen molar-refractivity contribution in [1.29, 1.82) is 0 Å². The van der Waals surface area contributed by atoms with Crippen molar-refractivity contribution in [2.75, 3.05) is 17.7 Å². The molecule has 0 aromatic heterocycles. The van der Waals surface area contributed by atoms with Gasteiger partial charge < -0.3 is 10.1 Å². The minimum atomic E-state index is -1.28. The van der Waals surface area contributed by atoms with Crippen LogP contribution < -0.4 is 5.32 Å². The highest BCUT2D eigenvalue weighted by Gasteiger charge is 2.17. The first-order valence-electron chi connectivity index (χ1n) is 7.21. The van der Waals surface area contributed by atoms with Crippen molar-refractivity contribution >= 4 is 40.0 Å². The van der Waals surface area contributed by atoms with Gasteiger partial charge in [0.2, 0.25) is 0 Å². The number of anilines is 1. The van der Waals surface area contributed by atoms with Gasteiger partial charge in [-0.25, -0.2) is 4.79 Å². The summed E-state index contributed by atoms with van der Waals surface area (Å²) in [5.41, 5.74) is 0.755. The first-order valence-corrected chi connectivity index (χ1v) is 8.91. The Morgan fingerprint density at radius 2 is 1.79 bits per heavy atom. The molecule has 0 saturated heterocycles. The highest BCUT2D eigenvalue weighted by molar-refractivity contribution is 7.85.